The van der Waals surface area contributed by atoms with E-state index < -0.39 is 0 Å². The summed E-state index contributed by atoms with van der Waals surface area (Å²) in [6, 6.07) is 0.259. The highest BCUT2D eigenvalue weighted by Gasteiger charge is 2.29. The fraction of sp³-hybridized carbons (Fsp3) is 0.833. The van der Waals surface area contributed by atoms with Crippen LogP contribution in [0.3, 0.4) is 0 Å². The molecular weight excluding hydrogens is 222 g/mol. The third-order valence-electron chi connectivity index (χ3n) is 2.87. The van der Waals surface area contributed by atoms with Crippen molar-refractivity contribution in [2.45, 2.75) is 31.9 Å². The summed E-state index contributed by atoms with van der Waals surface area (Å²) in [6.45, 7) is 4.91. The van der Waals surface area contributed by atoms with Crippen molar-refractivity contribution in [1.82, 2.24) is 5.32 Å². The zero-order valence-electron chi connectivity index (χ0n) is 9.91. The van der Waals surface area contributed by atoms with Crippen LogP contribution in [0.15, 0.2) is 11.8 Å². The van der Waals surface area contributed by atoms with Crippen LogP contribution in [0.5, 0.6) is 0 Å². The molecule has 2 heterocycles. The van der Waals surface area contributed by atoms with Crippen molar-refractivity contribution in [2.24, 2.45) is 0 Å². The molecule has 1 saturated heterocycles. The van der Waals surface area contributed by atoms with Gasteiger partial charge in [-0.3, -0.25) is 0 Å². The summed E-state index contributed by atoms with van der Waals surface area (Å²) in [7, 11) is 0. The van der Waals surface area contributed by atoms with Gasteiger partial charge in [0.15, 0.2) is 0 Å². The molecule has 0 bridgehead atoms. The van der Waals surface area contributed by atoms with Gasteiger partial charge in [-0.2, -0.15) is 11.8 Å². The zero-order valence-corrected chi connectivity index (χ0v) is 10.7. The molecule has 2 unspecified atom stereocenters. The maximum Gasteiger partial charge on any atom is 0.112 e. The number of thioether (sulfide) groups is 1. The molecule has 0 radical (unpaired) electrons. The van der Waals surface area contributed by atoms with Gasteiger partial charge >= 0.3 is 0 Å². The molecule has 0 aromatic rings. The SMILES string of the molecule is CCCNC(C1=CCCO1)C1CSCCO1. The number of rotatable bonds is 5. The summed E-state index contributed by atoms with van der Waals surface area (Å²) >= 11 is 1.98. The molecule has 0 aromatic heterocycles. The van der Waals surface area contributed by atoms with Crippen LogP contribution in [0.2, 0.25) is 0 Å². The molecule has 0 aliphatic carbocycles. The van der Waals surface area contributed by atoms with E-state index in [0.717, 1.165) is 49.9 Å². The largest absolute Gasteiger partial charge is 0.496 e. The second-order valence-corrected chi connectivity index (χ2v) is 5.31. The molecule has 0 aromatic carbocycles. The second-order valence-electron chi connectivity index (χ2n) is 4.16. The number of nitrogens with one attached hydrogen (secondary N) is 1. The first-order valence-corrected chi connectivity index (χ1v) is 7.33. The lowest BCUT2D eigenvalue weighted by atomic mass is 10.1. The summed E-state index contributed by atoms with van der Waals surface area (Å²) < 4.78 is 11.5. The van der Waals surface area contributed by atoms with Crippen LogP contribution in [0.1, 0.15) is 19.8 Å². The molecule has 2 rings (SSSR count). The summed E-state index contributed by atoms with van der Waals surface area (Å²) in [6.07, 6.45) is 4.66. The topological polar surface area (TPSA) is 30.5 Å². The molecule has 1 N–H and O–H groups in total. The van der Waals surface area contributed by atoms with E-state index >= 15 is 0 Å². The number of hydrogen-bond acceptors (Lipinski definition) is 4. The Bertz CT molecular complexity index is 239. The number of ether oxygens (including phenoxy) is 2. The van der Waals surface area contributed by atoms with Crippen LogP contribution >= 0.6 is 11.8 Å². The average molecular weight is 243 g/mol. The van der Waals surface area contributed by atoms with Gasteiger partial charge in [-0.05, 0) is 19.0 Å². The lowest BCUT2D eigenvalue weighted by Crippen LogP contribution is -2.46. The molecule has 2 aliphatic rings. The quantitative estimate of drug-likeness (QED) is 0.797. The lowest BCUT2D eigenvalue weighted by Gasteiger charge is -2.31. The van der Waals surface area contributed by atoms with Gasteiger partial charge < -0.3 is 14.8 Å². The molecule has 4 heteroatoms. The van der Waals surface area contributed by atoms with Crippen LogP contribution in [-0.4, -0.2) is 43.4 Å². The van der Waals surface area contributed by atoms with Crippen LogP contribution in [-0.2, 0) is 9.47 Å². The van der Waals surface area contributed by atoms with Gasteiger partial charge in [0.05, 0.1) is 25.4 Å². The van der Waals surface area contributed by atoms with Gasteiger partial charge in [-0.15, -0.1) is 0 Å². The van der Waals surface area contributed by atoms with Crippen LogP contribution in [0, 0.1) is 0 Å². The Morgan fingerprint density at radius 3 is 3.12 bits per heavy atom. The summed E-state index contributed by atoms with van der Waals surface area (Å²) in [5, 5.41) is 3.55. The smallest absolute Gasteiger partial charge is 0.112 e. The minimum Gasteiger partial charge on any atom is -0.496 e. The first-order chi connectivity index (χ1) is 7.92. The molecule has 2 aliphatic heterocycles. The average Bonchev–Trinajstić information content (AvgIpc) is 2.85. The van der Waals surface area contributed by atoms with E-state index in [1.165, 1.54) is 0 Å². The summed E-state index contributed by atoms with van der Waals surface area (Å²) in [5.41, 5.74) is 0. The van der Waals surface area contributed by atoms with Crippen molar-refractivity contribution in [2.75, 3.05) is 31.3 Å². The van der Waals surface area contributed by atoms with E-state index in [2.05, 4.69) is 18.3 Å². The molecule has 0 amide bonds. The molecule has 0 spiro atoms. The van der Waals surface area contributed by atoms with E-state index in [1.54, 1.807) is 0 Å². The Morgan fingerprint density at radius 1 is 1.56 bits per heavy atom. The van der Waals surface area contributed by atoms with E-state index in [0.29, 0.717) is 0 Å². The molecule has 0 saturated carbocycles. The molecular formula is C12H21NO2S. The summed E-state index contributed by atoms with van der Waals surface area (Å²) in [5.74, 6) is 3.29. The molecule has 1 fully saturated rings. The fourth-order valence-electron chi connectivity index (χ4n) is 2.07. The third-order valence-corrected chi connectivity index (χ3v) is 3.89. The second kappa shape index (κ2) is 6.52. The van der Waals surface area contributed by atoms with E-state index in [9.17, 15) is 0 Å². The maximum absolute atomic E-state index is 5.85. The molecule has 2 atom stereocenters. The lowest BCUT2D eigenvalue weighted by molar-refractivity contribution is 0.0403. The van der Waals surface area contributed by atoms with Crippen LogP contribution in [0.25, 0.3) is 0 Å². The fourth-order valence-corrected chi connectivity index (χ4v) is 2.97. The highest BCUT2D eigenvalue weighted by molar-refractivity contribution is 7.99. The van der Waals surface area contributed by atoms with Crippen molar-refractivity contribution in [1.29, 1.82) is 0 Å². The Labute approximate surface area is 102 Å². The first kappa shape index (κ1) is 12.3. The van der Waals surface area contributed by atoms with E-state index in [1.807, 2.05) is 11.8 Å². The van der Waals surface area contributed by atoms with Crippen molar-refractivity contribution in [3.8, 4) is 0 Å². The van der Waals surface area contributed by atoms with Crippen LogP contribution < -0.4 is 5.32 Å². The van der Waals surface area contributed by atoms with Crippen molar-refractivity contribution in [3.05, 3.63) is 11.8 Å². The van der Waals surface area contributed by atoms with E-state index in [-0.39, 0.29) is 12.1 Å². The summed E-state index contributed by atoms with van der Waals surface area (Å²) in [4.78, 5) is 0. The minimum absolute atomic E-state index is 0.259. The monoisotopic (exact) mass is 243 g/mol. The van der Waals surface area contributed by atoms with Gasteiger partial charge in [0, 0.05) is 17.9 Å². The molecule has 16 heavy (non-hydrogen) atoms. The Balaban J connectivity index is 1.94. The standard InChI is InChI=1S/C12H21NO2S/c1-2-5-13-12(10-4-3-6-14-10)11-9-16-8-7-15-11/h4,11-13H,2-3,5-9H2,1H3. The number of hydrogen-bond donors (Lipinski definition) is 1. The van der Waals surface area contributed by atoms with Gasteiger partial charge in [0.25, 0.3) is 0 Å². The zero-order chi connectivity index (χ0) is 11.2. The highest BCUT2D eigenvalue weighted by Crippen LogP contribution is 2.23. The maximum atomic E-state index is 5.85. The Hall–Kier alpha value is -0.190. The van der Waals surface area contributed by atoms with Crippen molar-refractivity contribution in [3.63, 3.8) is 0 Å². The normalized spacial score (nSPS) is 27.3. The minimum atomic E-state index is 0.259. The van der Waals surface area contributed by atoms with Gasteiger partial charge in [0.2, 0.25) is 0 Å². The molecule has 92 valence electrons. The first-order valence-electron chi connectivity index (χ1n) is 6.17. The predicted molar refractivity (Wildman–Crippen MR) is 67.8 cm³/mol. The highest BCUT2D eigenvalue weighted by atomic mass is 32.2. The van der Waals surface area contributed by atoms with Crippen molar-refractivity contribution >= 4 is 11.8 Å². The van der Waals surface area contributed by atoms with Crippen LogP contribution in [0.4, 0.5) is 0 Å². The van der Waals surface area contributed by atoms with Gasteiger partial charge in [0.1, 0.15) is 5.76 Å². The third kappa shape index (κ3) is 3.15. The Kier molecular flexibility index (Phi) is 5.00. The molecule has 3 nitrogen and oxygen atoms in total. The predicted octanol–water partition coefficient (Wildman–Crippen LogP) is 1.79. The van der Waals surface area contributed by atoms with E-state index in [4.69, 9.17) is 9.47 Å². The van der Waals surface area contributed by atoms with Crippen molar-refractivity contribution < 1.29 is 9.47 Å². The Morgan fingerprint density at radius 2 is 2.50 bits per heavy atom. The van der Waals surface area contributed by atoms with Gasteiger partial charge in [-0.1, -0.05) is 6.92 Å². The van der Waals surface area contributed by atoms with Gasteiger partial charge in [-0.25, -0.2) is 0 Å².